The fourth-order valence-electron chi connectivity index (χ4n) is 4.16. The topological polar surface area (TPSA) is 47.2 Å². The van der Waals surface area contributed by atoms with Crippen molar-refractivity contribution in [1.29, 1.82) is 0 Å². The van der Waals surface area contributed by atoms with Crippen molar-refractivity contribution in [3.63, 3.8) is 0 Å². The summed E-state index contributed by atoms with van der Waals surface area (Å²) in [5.74, 6) is -2.99. The van der Waals surface area contributed by atoms with E-state index in [2.05, 4.69) is 4.90 Å². The molecule has 1 aliphatic heterocycles. The minimum Gasteiger partial charge on any atom is -0.300 e. The fraction of sp³-hybridized carbons (Fsp3) is 0.333. The Labute approximate surface area is 179 Å². The predicted octanol–water partition coefficient (Wildman–Crippen LogP) is 3.27. The Hall–Kier alpha value is -3.06. The molecule has 4 rings (SSSR count). The molecule has 0 spiro atoms. The van der Waals surface area contributed by atoms with E-state index in [-0.39, 0.29) is 17.7 Å². The normalized spacial score (nSPS) is 14.5. The molecule has 0 atom stereocenters. The predicted molar refractivity (Wildman–Crippen MR) is 115 cm³/mol. The van der Waals surface area contributed by atoms with Crippen LogP contribution in [0.1, 0.15) is 34.9 Å². The molecule has 0 radical (unpaired) electrons. The average molecular weight is 425 g/mol. The number of benzene rings is 2. The molecule has 0 aliphatic carbocycles. The van der Waals surface area contributed by atoms with Gasteiger partial charge in [0.1, 0.15) is 0 Å². The Balaban J connectivity index is 1.67. The molecule has 2 heterocycles. The summed E-state index contributed by atoms with van der Waals surface area (Å²) in [6, 6.07) is 15.9. The smallest absolute Gasteiger partial charge is 0.300 e. The van der Waals surface area contributed by atoms with Gasteiger partial charge in [-0.25, -0.2) is 13.6 Å². The number of aromatic nitrogens is 2. The lowest BCUT2D eigenvalue weighted by atomic mass is 10.0. The second kappa shape index (κ2) is 8.23. The first-order valence-electron chi connectivity index (χ1n) is 10.3. The van der Waals surface area contributed by atoms with Crippen LogP contribution in [0.25, 0.3) is 0 Å². The second-order valence-electron chi connectivity index (χ2n) is 8.19. The third kappa shape index (κ3) is 4.37. The minimum absolute atomic E-state index is 0.0403. The number of hydrogen-bond donors (Lipinski definition) is 0. The van der Waals surface area contributed by atoms with E-state index >= 15 is 0 Å². The van der Waals surface area contributed by atoms with Gasteiger partial charge in [0.2, 0.25) is 0 Å². The Morgan fingerprint density at radius 2 is 1.68 bits per heavy atom. The number of rotatable bonds is 5. The highest BCUT2D eigenvalue weighted by molar-refractivity contribution is 5.28. The van der Waals surface area contributed by atoms with Crippen molar-refractivity contribution in [3.8, 4) is 0 Å². The van der Waals surface area contributed by atoms with Gasteiger partial charge in [-0.3, -0.25) is 14.3 Å². The maximum Gasteiger partial charge on any atom is 0.331 e. The lowest BCUT2D eigenvalue weighted by Gasteiger charge is -2.30. The van der Waals surface area contributed by atoms with Gasteiger partial charge < -0.3 is 4.57 Å². The third-order valence-corrected chi connectivity index (χ3v) is 5.84. The van der Waals surface area contributed by atoms with Gasteiger partial charge in [-0.15, -0.1) is 0 Å². The molecule has 0 bridgehead atoms. The van der Waals surface area contributed by atoms with Gasteiger partial charge in [0, 0.05) is 51.3 Å². The monoisotopic (exact) mass is 425 g/mol. The van der Waals surface area contributed by atoms with E-state index in [9.17, 15) is 18.4 Å². The Morgan fingerprint density at radius 1 is 0.968 bits per heavy atom. The molecule has 0 saturated heterocycles. The highest BCUT2D eigenvalue weighted by Crippen LogP contribution is 2.27. The van der Waals surface area contributed by atoms with Gasteiger partial charge in [-0.2, -0.15) is 0 Å². The summed E-state index contributed by atoms with van der Waals surface area (Å²) in [6.07, 6.45) is 0.613. The van der Waals surface area contributed by atoms with Gasteiger partial charge >= 0.3 is 5.69 Å². The molecular formula is C24H25F2N3O2. The summed E-state index contributed by atoms with van der Waals surface area (Å²) in [5.41, 5.74) is 2.11. The lowest BCUT2D eigenvalue weighted by Crippen LogP contribution is -2.47. The molecule has 2 aromatic carbocycles. The third-order valence-electron chi connectivity index (χ3n) is 5.84. The molecule has 5 nitrogen and oxygen atoms in total. The Bertz CT molecular complexity index is 1210. The molecule has 0 fully saturated rings. The second-order valence-corrected chi connectivity index (χ2v) is 8.19. The highest BCUT2D eigenvalue weighted by atomic mass is 19.3. The number of hydrogen-bond acceptors (Lipinski definition) is 3. The molecule has 7 heteroatoms. The fourth-order valence-corrected chi connectivity index (χ4v) is 4.16. The van der Waals surface area contributed by atoms with Crippen LogP contribution in [0, 0.1) is 0 Å². The van der Waals surface area contributed by atoms with Crippen LogP contribution < -0.4 is 11.2 Å². The summed E-state index contributed by atoms with van der Waals surface area (Å²) in [5, 5.41) is 0. The molecule has 162 valence electrons. The molecule has 0 unspecified atom stereocenters. The average Bonchev–Trinajstić information content (AvgIpc) is 2.75. The Kier molecular flexibility index (Phi) is 5.62. The maximum absolute atomic E-state index is 13.7. The van der Waals surface area contributed by atoms with Crippen LogP contribution in [-0.2, 0) is 39.0 Å². The van der Waals surface area contributed by atoms with Crippen molar-refractivity contribution in [2.45, 2.75) is 38.9 Å². The van der Waals surface area contributed by atoms with Crippen molar-refractivity contribution >= 4 is 0 Å². The van der Waals surface area contributed by atoms with Crippen LogP contribution in [-0.4, -0.2) is 20.6 Å². The SMILES string of the molecule is Cn1c2c(c(=O)n(Cc3cccc(C(C)(F)F)c3)c1=O)CN(Cc1ccccc1)CC2. The van der Waals surface area contributed by atoms with Crippen molar-refractivity contribution in [1.82, 2.24) is 14.0 Å². The van der Waals surface area contributed by atoms with Crippen LogP contribution in [0.4, 0.5) is 8.78 Å². The largest absolute Gasteiger partial charge is 0.331 e. The van der Waals surface area contributed by atoms with Gasteiger partial charge in [-0.1, -0.05) is 48.5 Å². The van der Waals surface area contributed by atoms with Crippen LogP contribution in [0.5, 0.6) is 0 Å². The zero-order chi connectivity index (χ0) is 22.2. The van der Waals surface area contributed by atoms with E-state index in [1.165, 1.54) is 22.8 Å². The first-order chi connectivity index (χ1) is 14.7. The number of halogens is 2. The van der Waals surface area contributed by atoms with Crippen molar-refractivity contribution in [2.75, 3.05) is 6.54 Å². The molecule has 3 aromatic rings. The van der Waals surface area contributed by atoms with Gasteiger partial charge in [0.15, 0.2) is 0 Å². The molecule has 1 aromatic heterocycles. The zero-order valence-corrected chi connectivity index (χ0v) is 17.6. The van der Waals surface area contributed by atoms with E-state index in [4.69, 9.17) is 0 Å². The summed E-state index contributed by atoms with van der Waals surface area (Å²) in [6.45, 7) is 2.71. The first kappa shape index (κ1) is 21.2. The van der Waals surface area contributed by atoms with E-state index in [1.807, 2.05) is 30.3 Å². The highest BCUT2D eigenvalue weighted by Gasteiger charge is 2.26. The van der Waals surface area contributed by atoms with Crippen LogP contribution in [0.2, 0.25) is 0 Å². The van der Waals surface area contributed by atoms with Crippen molar-refractivity contribution in [2.24, 2.45) is 7.05 Å². The Morgan fingerprint density at radius 3 is 2.39 bits per heavy atom. The van der Waals surface area contributed by atoms with Gasteiger partial charge in [0.25, 0.3) is 11.5 Å². The number of nitrogens with zero attached hydrogens (tertiary/aromatic N) is 3. The minimum atomic E-state index is -2.99. The van der Waals surface area contributed by atoms with Gasteiger partial charge in [-0.05, 0) is 17.2 Å². The van der Waals surface area contributed by atoms with Crippen molar-refractivity contribution < 1.29 is 8.78 Å². The molecule has 1 aliphatic rings. The van der Waals surface area contributed by atoms with E-state index in [1.54, 1.807) is 13.1 Å². The summed E-state index contributed by atoms with van der Waals surface area (Å²) >= 11 is 0. The van der Waals surface area contributed by atoms with E-state index < -0.39 is 11.6 Å². The summed E-state index contributed by atoms with van der Waals surface area (Å²) in [4.78, 5) is 28.3. The molecule has 31 heavy (non-hydrogen) atoms. The van der Waals surface area contributed by atoms with Crippen molar-refractivity contribution in [3.05, 3.63) is 103 Å². The zero-order valence-electron chi connectivity index (χ0n) is 17.6. The molecule has 0 N–H and O–H groups in total. The molecular weight excluding hydrogens is 400 g/mol. The number of alkyl halides is 2. The first-order valence-corrected chi connectivity index (χ1v) is 10.3. The van der Waals surface area contributed by atoms with Crippen LogP contribution in [0.15, 0.2) is 64.2 Å². The number of fused-ring (bicyclic) bond motifs is 1. The molecule has 0 saturated carbocycles. The standard InChI is InChI=1S/C24H25F2N3O2/c1-24(25,26)19-10-6-9-18(13-19)15-29-22(30)20-16-28(14-17-7-4-3-5-8-17)12-11-21(20)27(2)23(29)31/h3-10,13H,11-12,14-16H2,1-2H3. The van der Waals surface area contributed by atoms with E-state index in [0.29, 0.717) is 24.1 Å². The quantitative estimate of drug-likeness (QED) is 0.631. The summed E-state index contributed by atoms with van der Waals surface area (Å²) < 4.78 is 30.1. The van der Waals surface area contributed by atoms with Crippen LogP contribution in [0.3, 0.4) is 0 Å². The maximum atomic E-state index is 13.7. The van der Waals surface area contributed by atoms with E-state index in [0.717, 1.165) is 35.8 Å². The molecule has 0 amide bonds. The summed E-state index contributed by atoms with van der Waals surface area (Å²) in [7, 11) is 1.67. The lowest BCUT2D eigenvalue weighted by molar-refractivity contribution is 0.0174. The van der Waals surface area contributed by atoms with Crippen LogP contribution >= 0.6 is 0 Å². The van der Waals surface area contributed by atoms with Gasteiger partial charge in [0.05, 0.1) is 12.1 Å².